The smallest absolute Gasteiger partial charge is 0.252 e. The maximum Gasteiger partial charge on any atom is 0.252 e. The van der Waals surface area contributed by atoms with Crippen LogP contribution < -0.4 is 11.1 Å². The van der Waals surface area contributed by atoms with Crippen molar-refractivity contribution in [1.82, 2.24) is 20.1 Å². The van der Waals surface area contributed by atoms with Gasteiger partial charge >= 0.3 is 0 Å². The number of fused-ring (bicyclic) bond motifs is 1. The molecule has 3 N–H and O–H groups in total. The van der Waals surface area contributed by atoms with Gasteiger partial charge in [-0.2, -0.15) is 5.10 Å². The van der Waals surface area contributed by atoms with Crippen molar-refractivity contribution in [1.29, 1.82) is 0 Å². The second-order valence-corrected chi connectivity index (χ2v) is 5.87. The topological polar surface area (TPSA) is 85.8 Å². The molecule has 0 radical (unpaired) electrons. The summed E-state index contributed by atoms with van der Waals surface area (Å²) in [7, 11) is 0. The molecular weight excluding hydrogens is 314 g/mol. The van der Waals surface area contributed by atoms with Crippen LogP contribution in [-0.2, 0) is 6.54 Å². The van der Waals surface area contributed by atoms with Gasteiger partial charge in [0.15, 0.2) is 5.65 Å². The molecule has 0 atom stereocenters. The maximum atomic E-state index is 12.7. The lowest BCUT2D eigenvalue weighted by Gasteiger charge is -2.09. The Labute approximate surface area is 147 Å². The lowest BCUT2D eigenvalue weighted by Crippen LogP contribution is -2.25. The Kier molecular flexibility index (Phi) is 5.40. The average molecular weight is 337 g/mol. The summed E-state index contributed by atoms with van der Waals surface area (Å²) >= 11 is 0. The molecule has 0 unspecified atom stereocenters. The molecule has 2 heterocycles. The maximum absolute atomic E-state index is 12.7. The van der Waals surface area contributed by atoms with E-state index < -0.39 is 0 Å². The van der Waals surface area contributed by atoms with Crippen molar-refractivity contribution in [3.8, 4) is 11.3 Å². The van der Waals surface area contributed by atoms with Crippen molar-refractivity contribution >= 4 is 16.9 Å². The van der Waals surface area contributed by atoms with Crippen molar-refractivity contribution in [2.75, 3.05) is 13.1 Å². The predicted octanol–water partition coefficient (Wildman–Crippen LogP) is 2.59. The molecule has 3 rings (SSSR count). The van der Waals surface area contributed by atoms with Gasteiger partial charge in [-0.05, 0) is 32.4 Å². The summed E-state index contributed by atoms with van der Waals surface area (Å²) in [5, 5.41) is 8.11. The quantitative estimate of drug-likeness (QED) is 0.649. The van der Waals surface area contributed by atoms with Crippen LogP contribution in [-0.4, -0.2) is 33.8 Å². The Morgan fingerprint density at radius 1 is 1.24 bits per heavy atom. The molecule has 0 saturated carbocycles. The van der Waals surface area contributed by atoms with Gasteiger partial charge in [0.2, 0.25) is 0 Å². The number of nitrogens with zero attached hydrogens (tertiary/aromatic N) is 3. The first-order valence-corrected chi connectivity index (χ1v) is 8.64. The molecule has 0 fully saturated rings. The highest BCUT2D eigenvalue weighted by Gasteiger charge is 2.16. The molecule has 0 aliphatic heterocycles. The number of amides is 1. The van der Waals surface area contributed by atoms with Crippen LogP contribution in [0.5, 0.6) is 0 Å². The molecule has 0 aliphatic carbocycles. The lowest BCUT2D eigenvalue weighted by atomic mass is 10.1. The van der Waals surface area contributed by atoms with Crippen LogP contribution in [0, 0.1) is 0 Å². The van der Waals surface area contributed by atoms with Crippen LogP contribution in [0.4, 0.5) is 0 Å². The van der Waals surface area contributed by atoms with Gasteiger partial charge in [0.1, 0.15) is 0 Å². The minimum Gasteiger partial charge on any atom is -0.352 e. The number of carbonyl (C=O) groups is 1. The highest BCUT2D eigenvalue weighted by molar-refractivity contribution is 6.06. The van der Waals surface area contributed by atoms with Crippen LogP contribution in [0.3, 0.4) is 0 Å². The van der Waals surface area contributed by atoms with E-state index in [0.717, 1.165) is 35.1 Å². The summed E-state index contributed by atoms with van der Waals surface area (Å²) in [5.74, 6) is -0.0998. The zero-order valence-corrected chi connectivity index (χ0v) is 14.4. The minimum absolute atomic E-state index is 0.0998. The first-order chi connectivity index (χ1) is 12.2. The molecule has 0 bridgehead atoms. The number of aromatic nitrogens is 3. The lowest BCUT2D eigenvalue weighted by molar-refractivity contribution is 0.0954. The summed E-state index contributed by atoms with van der Waals surface area (Å²) < 4.78 is 1.81. The number of nitrogens with two attached hydrogens (primary N) is 1. The molecule has 0 spiro atoms. The van der Waals surface area contributed by atoms with Gasteiger partial charge in [0.25, 0.3) is 5.91 Å². The summed E-state index contributed by atoms with van der Waals surface area (Å²) in [6.07, 6.45) is 3.49. The van der Waals surface area contributed by atoms with E-state index in [9.17, 15) is 4.79 Å². The van der Waals surface area contributed by atoms with Gasteiger partial charge in [0, 0.05) is 18.7 Å². The van der Waals surface area contributed by atoms with Crippen molar-refractivity contribution in [2.45, 2.75) is 26.3 Å². The fourth-order valence-corrected chi connectivity index (χ4v) is 2.79. The molecule has 1 amide bonds. The van der Waals surface area contributed by atoms with Crippen LogP contribution in [0.1, 0.15) is 30.1 Å². The fourth-order valence-electron chi connectivity index (χ4n) is 2.79. The number of pyridine rings is 1. The summed E-state index contributed by atoms with van der Waals surface area (Å²) in [5.41, 5.74) is 8.59. The second kappa shape index (κ2) is 7.90. The number of aryl methyl sites for hydroxylation is 1. The Bertz CT molecular complexity index is 857. The number of carbonyl (C=O) groups excluding carboxylic acids is 1. The normalized spacial score (nSPS) is 11.0. The van der Waals surface area contributed by atoms with E-state index >= 15 is 0 Å². The highest BCUT2D eigenvalue weighted by Crippen LogP contribution is 2.24. The Morgan fingerprint density at radius 2 is 2.04 bits per heavy atom. The van der Waals surface area contributed by atoms with E-state index in [0.29, 0.717) is 25.2 Å². The Balaban J connectivity index is 2.01. The zero-order valence-electron chi connectivity index (χ0n) is 14.4. The van der Waals surface area contributed by atoms with Gasteiger partial charge in [-0.1, -0.05) is 30.3 Å². The van der Waals surface area contributed by atoms with Crippen LogP contribution in [0.25, 0.3) is 22.3 Å². The van der Waals surface area contributed by atoms with E-state index in [1.54, 1.807) is 6.20 Å². The average Bonchev–Trinajstić information content (AvgIpc) is 3.08. The van der Waals surface area contributed by atoms with Crippen LogP contribution >= 0.6 is 0 Å². The van der Waals surface area contributed by atoms with E-state index in [-0.39, 0.29) is 5.91 Å². The van der Waals surface area contributed by atoms with Gasteiger partial charge in [-0.15, -0.1) is 0 Å². The molecular formula is C19H23N5O. The molecule has 6 nitrogen and oxygen atoms in total. The third-order valence-corrected chi connectivity index (χ3v) is 4.14. The van der Waals surface area contributed by atoms with Crippen molar-refractivity contribution < 1.29 is 4.79 Å². The summed E-state index contributed by atoms with van der Waals surface area (Å²) in [4.78, 5) is 17.4. The minimum atomic E-state index is -0.0998. The standard InChI is InChI=1S/C19H23N5O/c1-2-24-18-16(13-22-24)15(19(25)21-11-7-6-10-20)12-17(23-18)14-8-4-3-5-9-14/h3-5,8-9,12-13H,2,6-7,10-11,20H2,1H3,(H,21,25). The fraction of sp³-hybridized carbons (Fsp3) is 0.316. The Hall–Kier alpha value is -2.73. The third-order valence-electron chi connectivity index (χ3n) is 4.14. The monoisotopic (exact) mass is 337 g/mol. The van der Waals surface area contributed by atoms with Crippen molar-refractivity contribution in [2.24, 2.45) is 5.73 Å². The number of benzene rings is 1. The third kappa shape index (κ3) is 3.69. The number of hydrogen-bond acceptors (Lipinski definition) is 4. The molecule has 130 valence electrons. The Morgan fingerprint density at radius 3 is 2.76 bits per heavy atom. The summed E-state index contributed by atoms with van der Waals surface area (Å²) in [6, 6.07) is 11.7. The largest absolute Gasteiger partial charge is 0.352 e. The number of unbranched alkanes of at least 4 members (excludes halogenated alkanes) is 1. The van der Waals surface area contributed by atoms with E-state index in [1.807, 2.05) is 48.0 Å². The predicted molar refractivity (Wildman–Crippen MR) is 99.3 cm³/mol. The first-order valence-electron chi connectivity index (χ1n) is 8.64. The second-order valence-electron chi connectivity index (χ2n) is 5.87. The van der Waals surface area contributed by atoms with E-state index in [2.05, 4.69) is 10.4 Å². The SMILES string of the molecule is CCn1ncc2c(C(=O)NCCCCN)cc(-c3ccccc3)nc21. The van der Waals surface area contributed by atoms with Gasteiger partial charge < -0.3 is 11.1 Å². The van der Waals surface area contributed by atoms with E-state index in [1.165, 1.54) is 0 Å². The molecule has 2 aromatic heterocycles. The highest BCUT2D eigenvalue weighted by atomic mass is 16.1. The van der Waals surface area contributed by atoms with Crippen LogP contribution in [0.15, 0.2) is 42.6 Å². The number of hydrogen-bond donors (Lipinski definition) is 2. The molecule has 25 heavy (non-hydrogen) atoms. The molecule has 0 aliphatic rings. The van der Waals surface area contributed by atoms with Crippen LogP contribution in [0.2, 0.25) is 0 Å². The van der Waals surface area contributed by atoms with Crippen molar-refractivity contribution in [3.63, 3.8) is 0 Å². The molecule has 3 aromatic rings. The first kappa shape index (κ1) is 17.1. The molecule has 0 saturated heterocycles. The van der Waals surface area contributed by atoms with Crippen molar-refractivity contribution in [3.05, 3.63) is 48.2 Å². The number of rotatable bonds is 7. The van der Waals surface area contributed by atoms with Gasteiger partial charge in [0.05, 0.1) is 22.8 Å². The van der Waals surface area contributed by atoms with Gasteiger partial charge in [-0.25, -0.2) is 9.67 Å². The zero-order chi connectivity index (χ0) is 17.6. The number of nitrogens with one attached hydrogen (secondary N) is 1. The van der Waals surface area contributed by atoms with E-state index in [4.69, 9.17) is 10.7 Å². The van der Waals surface area contributed by atoms with Gasteiger partial charge in [-0.3, -0.25) is 4.79 Å². The summed E-state index contributed by atoms with van der Waals surface area (Å²) in [6.45, 7) is 3.96. The molecule has 6 heteroatoms. The molecule has 1 aromatic carbocycles.